The van der Waals surface area contributed by atoms with Crippen LogP contribution < -0.4 is 0 Å². The maximum absolute atomic E-state index is 13.0. The van der Waals surface area contributed by atoms with Crippen LogP contribution >= 0.6 is 0 Å². The number of likely N-dealkylation sites (tertiary alicyclic amines) is 1. The van der Waals surface area contributed by atoms with Crippen molar-refractivity contribution in [2.24, 2.45) is 0 Å². The number of hydrogen-bond acceptors (Lipinski definition) is 3. The maximum Gasteiger partial charge on any atom is 0.331 e. The van der Waals surface area contributed by atoms with Gasteiger partial charge in [-0.1, -0.05) is 60.2 Å². The van der Waals surface area contributed by atoms with Gasteiger partial charge in [0.2, 0.25) is 6.10 Å². The third-order valence-electron chi connectivity index (χ3n) is 4.72. The number of piperidine rings is 1. The fraction of sp³-hybridized carbons (Fsp3) is 0.304. The van der Waals surface area contributed by atoms with Gasteiger partial charge in [0, 0.05) is 24.7 Å². The van der Waals surface area contributed by atoms with E-state index in [-0.39, 0.29) is 5.91 Å². The van der Waals surface area contributed by atoms with Gasteiger partial charge in [0.25, 0.3) is 5.91 Å². The topological polar surface area (TPSA) is 46.6 Å². The minimum atomic E-state index is -0.903. The summed E-state index contributed by atoms with van der Waals surface area (Å²) in [7, 11) is 0. The van der Waals surface area contributed by atoms with Gasteiger partial charge in [0.05, 0.1) is 0 Å². The monoisotopic (exact) mass is 363 g/mol. The van der Waals surface area contributed by atoms with Gasteiger partial charge in [-0.2, -0.15) is 0 Å². The minimum Gasteiger partial charge on any atom is -0.444 e. The summed E-state index contributed by atoms with van der Waals surface area (Å²) in [6, 6.07) is 17.1. The molecule has 0 unspecified atom stereocenters. The van der Waals surface area contributed by atoms with Crippen molar-refractivity contribution in [3.8, 4) is 0 Å². The number of carbonyl (C=O) groups is 2. The van der Waals surface area contributed by atoms with Gasteiger partial charge in [0.1, 0.15) is 0 Å². The highest BCUT2D eigenvalue weighted by Crippen LogP contribution is 2.23. The highest BCUT2D eigenvalue weighted by molar-refractivity contribution is 5.91. The lowest BCUT2D eigenvalue weighted by molar-refractivity contribution is -0.157. The van der Waals surface area contributed by atoms with Crippen molar-refractivity contribution in [2.45, 2.75) is 32.3 Å². The molecule has 2 aromatic rings. The van der Waals surface area contributed by atoms with E-state index >= 15 is 0 Å². The van der Waals surface area contributed by atoms with Crippen molar-refractivity contribution in [3.05, 3.63) is 77.4 Å². The van der Waals surface area contributed by atoms with E-state index in [2.05, 4.69) is 0 Å². The Morgan fingerprint density at radius 1 is 0.963 bits per heavy atom. The number of aryl methyl sites for hydroxylation is 1. The summed E-state index contributed by atoms with van der Waals surface area (Å²) in [6.45, 7) is 3.45. The van der Waals surface area contributed by atoms with Crippen LogP contribution in [0.4, 0.5) is 0 Å². The molecule has 140 valence electrons. The zero-order valence-corrected chi connectivity index (χ0v) is 15.6. The summed E-state index contributed by atoms with van der Waals surface area (Å²) < 4.78 is 5.58. The second-order valence-corrected chi connectivity index (χ2v) is 6.86. The number of rotatable bonds is 5. The summed E-state index contributed by atoms with van der Waals surface area (Å²) in [5.74, 6) is -0.659. The zero-order valence-electron chi connectivity index (χ0n) is 15.6. The summed E-state index contributed by atoms with van der Waals surface area (Å²) in [5.41, 5.74) is 2.77. The lowest BCUT2D eigenvalue weighted by Gasteiger charge is -2.30. The molecular weight excluding hydrogens is 338 g/mol. The van der Waals surface area contributed by atoms with E-state index in [1.807, 2.05) is 61.5 Å². The van der Waals surface area contributed by atoms with Crippen LogP contribution in [-0.4, -0.2) is 29.9 Å². The van der Waals surface area contributed by atoms with E-state index in [1.165, 1.54) is 6.08 Å². The van der Waals surface area contributed by atoms with Gasteiger partial charge in [-0.15, -0.1) is 0 Å². The minimum absolute atomic E-state index is 0.141. The molecule has 2 aromatic carbocycles. The normalized spacial score (nSPS) is 15.5. The molecule has 0 spiro atoms. The number of hydrogen-bond donors (Lipinski definition) is 0. The van der Waals surface area contributed by atoms with Gasteiger partial charge in [-0.25, -0.2) is 4.79 Å². The Bertz CT molecular complexity index is 790. The molecule has 1 heterocycles. The number of nitrogens with zero attached hydrogens (tertiary/aromatic N) is 1. The number of benzene rings is 2. The van der Waals surface area contributed by atoms with Crippen molar-refractivity contribution < 1.29 is 14.3 Å². The first-order valence-corrected chi connectivity index (χ1v) is 9.42. The number of carbonyl (C=O) groups excluding carboxylic acids is 2. The Morgan fingerprint density at radius 3 is 2.30 bits per heavy atom. The standard InChI is InChI=1S/C23H25NO3/c1-18-10-12-19(13-11-18)14-15-21(25)27-22(20-8-4-2-5-9-20)23(26)24-16-6-3-7-17-24/h2,4-5,8-15,22H,3,6-7,16-17H2,1H3/b15-14+/t22-/m1/s1. The second-order valence-electron chi connectivity index (χ2n) is 6.86. The van der Waals surface area contributed by atoms with Crippen LogP contribution in [0.3, 0.4) is 0 Å². The van der Waals surface area contributed by atoms with Crippen molar-refractivity contribution in [2.75, 3.05) is 13.1 Å². The quantitative estimate of drug-likeness (QED) is 0.588. The van der Waals surface area contributed by atoms with Crippen LogP contribution in [0.5, 0.6) is 0 Å². The Labute approximate surface area is 160 Å². The Balaban J connectivity index is 1.73. The first kappa shape index (κ1) is 18.9. The lowest BCUT2D eigenvalue weighted by atomic mass is 10.1. The van der Waals surface area contributed by atoms with E-state index in [0.717, 1.165) is 43.5 Å². The average Bonchev–Trinajstić information content (AvgIpc) is 2.72. The highest BCUT2D eigenvalue weighted by atomic mass is 16.5. The average molecular weight is 363 g/mol. The molecule has 1 aliphatic heterocycles. The zero-order chi connectivity index (χ0) is 19.1. The Morgan fingerprint density at radius 2 is 1.63 bits per heavy atom. The second kappa shape index (κ2) is 9.17. The van der Waals surface area contributed by atoms with E-state index in [9.17, 15) is 9.59 Å². The molecule has 4 heteroatoms. The molecule has 3 rings (SSSR count). The Hall–Kier alpha value is -2.88. The maximum atomic E-state index is 13.0. The molecule has 0 N–H and O–H groups in total. The first-order chi connectivity index (χ1) is 13.1. The molecule has 1 atom stereocenters. The SMILES string of the molecule is Cc1ccc(/C=C/C(=O)O[C@@H](C(=O)N2CCCCC2)c2ccccc2)cc1. The Kier molecular flexibility index (Phi) is 6.42. The molecule has 0 aliphatic carbocycles. The summed E-state index contributed by atoms with van der Waals surface area (Å²) in [6.07, 6.45) is 5.31. The predicted octanol–water partition coefficient (Wildman–Crippen LogP) is 4.31. The van der Waals surface area contributed by atoms with Crippen LogP contribution in [0.2, 0.25) is 0 Å². The predicted molar refractivity (Wildman–Crippen MR) is 106 cm³/mol. The van der Waals surface area contributed by atoms with E-state index < -0.39 is 12.1 Å². The van der Waals surface area contributed by atoms with Crippen molar-refractivity contribution in [1.29, 1.82) is 0 Å². The molecule has 4 nitrogen and oxygen atoms in total. The third kappa shape index (κ3) is 5.30. The summed E-state index contributed by atoms with van der Waals surface area (Å²) in [5, 5.41) is 0. The molecule has 1 fully saturated rings. The molecule has 0 bridgehead atoms. The largest absolute Gasteiger partial charge is 0.444 e. The summed E-state index contributed by atoms with van der Waals surface area (Å²) >= 11 is 0. The fourth-order valence-corrected chi connectivity index (χ4v) is 3.17. The van der Waals surface area contributed by atoms with Gasteiger partial charge in [-0.3, -0.25) is 4.79 Å². The van der Waals surface area contributed by atoms with Gasteiger partial charge < -0.3 is 9.64 Å². The first-order valence-electron chi connectivity index (χ1n) is 9.42. The molecule has 1 saturated heterocycles. The molecule has 1 amide bonds. The number of esters is 1. The van der Waals surface area contributed by atoms with Crippen LogP contribution in [-0.2, 0) is 14.3 Å². The van der Waals surface area contributed by atoms with Crippen LogP contribution in [0, 0.1) is 6.92 Å². The molecular formula is C23H25NO3. The van der Waals surface area contributed by atoms with E-state index in [1.54, 1.807) is 11.0 Å². The number of amides is 1. The molecule has 0 radical (unpaired) electrons. The van der Waals surface area contributed by atoms with Crippen molar-refractivity contribution >= 4 is 18.0 Å². The smallest absolute Gasteiger partial charge is 0.331 e. The van der Waals surface area contributed by atoms with Crippen LogP contribution in [0.15, 0.2) is 60.7 Å². The van der Waals surface area contributed by atoms with Gasteiger partial charge in [-0.05, 0) is 37.8 Å². The van der Waals surface area contributed by atoms with Crippen molar-refractivity contribution in [3.63, 3.8) is 0 Å². The lowest BCUT2D eigenvalue weighted by Crippen LogP contribution is -2.40. The van der Waals surface area contributed by atoms with Crippen molar-refractivity contribution in [1.82, 2.24) is 4.90 Å². The van der Waals surface area contributed by atoms with Crippen LogP contribution in [0.25, 0.3) is 6.08 Å². The van der Waals surface area contributed by atoms with E-state index in [4.69, 9.17) is 4.74 Å². The van der Waals surface area contributed by atoms with Gasteiger partial charge >= 0.3 is 5.97 Å². The highest BCUT2D eigenvalue weighted by Gasteiger charge is 2.29. The summed E-state index contributed by atoms with van der Waals surface area (Å²) in [4.78, 5) is 27.1. The molecule has 27 heavy (non-hydrogen) atoms. The molecule has 1 aliphatic rings. The van der Waals surface area contributed by atoms with Crippen LogP contribution in [0.1, 0.15) is 42.1 Å². The third-order valence-corrected chi connectivity index (χ3v) is 4.72. The number of ether oxygens (including phenoxy) is 1. The molecule has 0 saturated carbocycles. The molecule has 0 aromatic heterocycles. The van der Waals surface area contributed by atoms with Gasteiger partial charge in [0.15, 0.2) is 0 Å². The fourth-order valence-electron chi connectivity index (χ4n) is 3.17. The van der Waals surface area contributed by atoms with E-state index in [0.29, 0.717) is 5.56 Å².